The van der Waals surface area contributed by atoms with Crippen molar-refractivity contribution in [2.24, 2.45) is 5.16 Å². The summed E-state index contributed by atoms with van der Waals surface area (Å²) in [5.74, 6) is 0. The molecule has 0 aliphatic rings. The van der Waals surface area contributed by atoms with E-state index in [4.69, 9.17) is 16.8 Å². The summed E-state index contributed by atoms with van der Waals surface area (Å²) in [6.07, 6.45) is 0. The van der Waals surface area contributed by atoms with Crippen molar-refractivity contribution < 1.29 is 5.21 Å². The minimum atomic E-state index is 0.478. The van der Waals surface area contributed by atoms with Gasteiger partial charge in [-0.3, -0.25) is 0 Å². The van der Waals surface area contributed by atoms with Gasteiger partial charge in [-0.25, -0.2) is 0 Å². The van der Waals surface area contributed by atoms with Gasteiger partial charge in [0, 0.05) is 11.1 Å². The third kappa shape index (κ3) is 2.07. The van der Waals surface area contributed by atoms with Gasteiger partial charge in [-0.15, -0.1) is 0 Å². The number of halogens is 1. The van der Waals surface area contributed by atoms with Crippen LogP contribution in [0.25, 0.3) is 0 Å². The highest BCUT2D eigenvalue weighted by Crippen LogP contribution is 2.19. The molecule has 0 saturated carbocycles. The van der Waals surface area contributed by atoms with E-state index in [9.17, 15) is 0 Å². The molecular weight excluding hydrogens is 222 g/mol. The molecule has 0 bridgehead atoms. The molecule has 2 nitrogen and oxygen atoms in total. The summed E-state index contributed by atoms with van der Waals surface area (Å²) >= 11 is 6.06. The van der Waals surface area contributed by atoms with Gasteiger partial charge in [-0.05, 0) is 6.07 Å². The summed E-state index contributed by atoms with van der Waals surface area (Å²) in [6, 6.07) is 16.7. The molecule has 0 aliphatic carbocycles. The average molecular weight is 232 g/mol. The first-order valence-electron chi connectivity index (χ1n) is 4.85. The zero-order valence-corrected chi connectivity index (χ0v) is 9.22. The summed E-state index contributed by atoms with van der Waals surface area (Å²) in [6.45, 7) is 0. The number of benzene rings is 2. The van der Waals surface area contributed by atoms with Crippen molar-refractivity contribution in [1.82, 2.24) is 0 Å². The molecule has 0 saturated heterocycles. The maximum absolute atomic E-state index is 9.09. The Labute approximate surface area is 98.8 Å². The van der Waals surface area contributed by atoms with E-state index in [2.05, 4.69) is 5.16 Å². The Morgan fingerprint density at radius 2 is 1.56 bits per heavy atom. The van der Waals surface area contributed by atoms with Gasteiger partial charge in [-0.2, -0.15) is 0 Å². The zero-order chi connectivity index (χ0) is 11.4. The summed E-state index contributed by atoms with van der Waals surface area (Å²) in [4.78, 5) is 0. The molecule has 2 rings (SSSR count). The third-order valence-corrected chi connectivity index (χ3v) is 2.61. The van der Waals surface area contributed by atoms with Gasteiger partial charge in [0.2, 0.25) is 0 Å². The van der Waals surface area contributed by atoms with Crippen molar-refractivity contribution in [3.05, 3.63) is 70.7 Å². The van der Waals surface area contributed by atoms with E-state index in [1.165, 1.54) is 0 Å². The van der Waals surface area contributed by atoms with E-state index in [0.717, 1.165) is 11.1 Å². The monoisotopic (exact) mass is 231 g/mol. The maximum atomic E-state index is 9.09. The maximum Gasteiger partial charge on any atom is 0.118 e. The lowest BCUT2D eigenvalue weighted by atomic mass is 10.0. The molecule has 3 heteroatoms. The summed E-state index contributed by atoms with van der Waals surface area (Å²) < 4.78 is 0. The van der Waals surface area contributed by atoms with Crippen molar-refractivity contribution in [3.63, 3.8) is 0 Å². The van der Waals surface area contributed by atoms with Crippen LogP contribution in [0.15, 0.2) is 59.8 Å². The first-order chi connectivity index (χ1) is 7.83. The molecule has 0 aromatic heterocycles. The van der Waals surface area contributed by atoms with Crippen LogP contribution < -0.4 is 0 Å². The SMILES string of the molecule is O/N=C(\c1ccccc1)c1ccccc1Cl. The van der Waals surface area contributed by atoms with Crippen LogP contribution in [0.1, 0.15) is 11.1 Å². The van der Waals surface area contributed by atoms with Gasteiger partial charge in [0.15, 0.2) is 0 Å². The molecule has 0 fully saturated rings. The Morgan fingerprint density at radius 3 is 2.19 bits per heavy atom. The lowest BCUT2D eigenvalue weighted by Gasteiger charge is -2.06. The van der Waals surface area contributed by atoms with E-state index in [1.807, 2.05) is 48.5 Å². The standard InChI is InChI=1S/C13H10ClNO/c14-12-9-5-4-8-11(12)13(15-16)10-6-2-1-3-7-10/h1-9,16H/b15-13+. The number of hydrogen-bond acceptors (Lipinski definition) is 2. The molecule has 1 N–H and O–H groups in total. The van der Waals surface area contributed by atoms with Crippen LogP contribution in [-0.4, -0.2) is 10.9 Å². The fourth-order valence-corrected chi connectivity index (χ4v) is 1.74. The Kier molecular flexibility index (Phi) is 3.22. The summed E-state index contributed by atoms with van der Waals surface area (Å²) in [7, 11) is 0. The minimum absolute atomic E-state index is 0.478. The molecule has 0 spiro atoms. The van der Waals surface area contributed by atoms with Gasteiger partial charge in [-0.1, -0.05) is 65.3 Å². The number of rotatable bonds is 2. The number of oxime groups is 1. The second-order valence-electron chi connectivity index (χ2n) is 3.29. The highest BCUT2D eigenvalue weighted by Gasteiger charge is 2.10. The summed E-state index contributed by atoms with van der Waals surface area (Å²) in [5, 5.41) is 13.0. The van der Waals surface area contributed by atoms with E-state index in [0.29, 0.717) is 10.7 Å². The zero-order valence-electron chi connectivity index (χ0n) is 8.47. The molecule has 16 heavy (non-hydrogen) atoms. The van der Waals surface area contributed by atoms with Crippen LogP contribution in [-0.2, 0) is 0 Å². The quantitative estimate of drug-likeness (QED) is 0.478. The van der Waals surface area contributed by atoms with Crippen LogP contribution in [0.5, 0.6) is 0 Å². The topological polar surface area (TPSA) is 32.6 Å². The Bertz CT molecular complexity index is 508. The average Bonchev–Trinajstić information content (AvgIpc) is 2.34. The van der Waals surface area contributed by atoms with Crippen molar-refractivity contribution >= 4 is 17.3 Å². The highest BCUT2D eigenvalue weighted by molar-refractivity contribution is 6.35. The molecule has 2 aromatic carbocycles. The molecule has 0 radical (unpaired) electrons. The van der Waals surface area contributed by atoms with Crippen molar-refractivity contribution in [1.29, 1.82) is 0 Å². The Hall–Kier alpha value is -1.80. The molecule has 80 valence electrons. The predicted molar refractivity (Wildman–Crippen MR) is 65.3 cm³/mol. The van der Waals surface area contributed by atoms with Gasteiger partial charge in [0.05, 0.1) is 5.02 Å². The van der Waals surface area contributed by atoms with Crippen LogP contribution in [0.3, 0.4) is 0 Å². The molecule has 0 amide bonds. The van der Waals surface area contributed by atoms with Gasteiger partial charge < -0.3 is 5.21 Å². The number of nitrogens with zero attached hydrogens (tertiary/aromatic N) is 1. The Morgan fingerprint density at radius 1 is 0.938 bits per heavy atom. The predicted octanol–water partition coefficient (Wildman–Crippen LogP) is 3.57. The second kappa shape index (κ2) is 4.81. The van der Waals surface area contributed by atoms with E-state index >= 15 is 0 Å². The first kappa shape index (κ1) is 10.7. The fourth-order valence-electron chi connectivity index (χ4n) is 1.52. The third-order valence-electron chi connectivity index (χ3n) is 2.28. The Balaban J connectivity index is 2.51. The van der Waals surface area contributed by atoms with E-state index < -0.39 is 0 Å². The smallest absolute Gasteiger partial charge is 0.118 e. The van der Waals surface area contributed by atoms with Crippen LogP contribution in [0.4, 0.5) is 0 Å². The van der Waals surface area contributed by atoms with Gasteiger partial charge in [0.25, 0.3) is 0 Å². The van der Waals surface area contributed by atoms with Gasteiger partial charge in [0.1, 0.15) is 5.71 Å². The normalized spacial score (nSPS) is 11.4. The van der Waals surface area contributed by atoms with Crippen LogP contribution in [0.2, 0.25) is 5.02 Å². The van der Waals surface area contributed by atoms with E-state index in [-0.39, 0.29) is 0 Å². The summed E-state index contributed by atoms with van der Waals surface area (Å²) in [5.41, 5.74) is 2.03. The van der Waals surface area contributed by atoms with Crippen LogP contribution in [0, 0.1) is 0 Å². The minimum Gasteiger partial charge on any atom is -0.410 e. The molecule has 0 heterocycles. The highest BCUT2D eigenvalue weighted by atomic mass is 35.5. The largest absolute Gasteiger partial charge is 0.410 e. The fraction of sp³-hybridized carbons (Fsp3) is 0. The molecule has 2 aromatic rings. The number of hydrogen-bond donors (Lipinski definition) is 1. The molecule has 0 aliphatic heterocycles. The van der Waals surface area contributed by atoms with Crippen LogP contribution >= 0.6 is 11.6 Å². The van der Waals surface area contributed by atoms with Crippen molar-refractivity contribution in [2.75, 3.05) is 0 Å². The lowest BCUT2D eigenvalue weighted by Crippen LogP contribution is -2.03. The van der Waals surface area contributed by atoms with Crippen molar-refractivity contribution in [2.45, 2.75) is 0 Å². The van der Waals surface area contributed by atoms with E-state index in [1.54, 1.807) is 6.07 Å². The molecule has 0 atom stereocenters. The second-order valence-corrected chi connectivity index (χ2v) is 3.70. The first-order valence-corrected chi connectivity index (χ1v) is 5.23. The lowest BCUT2D eigenvalue weighted by molar-refractivity contribution is 0.319. The molecule has 0 unspecified atom stereocenters. The van der Waals surface area contributed by atoms with Gasteiger partial charge >= 0.3 is 0 Å². The molecular formula is C13H10ClNO. The van der Waals surface area contributed by atoms with Crippen molar-refractivity contribution in [3.8, 4) is 0 Å².